The standard InChI is InChI=1S/C20H15ClN6O3S/c1-12-5-6-14(10-16(12)21)22-19(28)11-31-20-24-23-18-8-7-17(25-26(18)20)13-3-2-4-15(9-13)27(29)30/h2-10H,11H2,1H3,(H,22,28). The van der Waals surface area contributed by atoms with Crippen molar-refractivity contribution in [2.24, 2.45) is 0 Å². The highest BCUT2D eigenvalue weighted by molar-refractivity contribution is 7.99. The molecule has 156 valence electrons. The third-order valence-corrected chi connectivity index (χ3v) is 5.70. The Morgan fingerprint density at radius 3 is 2.81 bits per heavy atom. The molecule has 1 amide bonds. The lowest BCUT2D eigenvalue weighted by molar-refractivity contribution is -0.384. The SMILES string of the molecule is Cc1ccc(NC(=O)CSc2nnc3ccc(-c4cccc([N+](=O)[O-])c4)nn23)cc1Cl. The molecule has 4 rings (SSSR count). The summed E-state index contributed by atoms with van der Waals surface area (Å²) in [5.74, 6) is -0.133. The number of anilines is 1. The number of nitrogens with zero attached hydrogens (tertiary/aromatic N) is 5. The van der Waals surface area contributed by atoms with E-state index in [1.165, 1.54) is 28.4 Å². The van der Waals surface area contributed by atoms with Gasteiger partial charge in [-0.1, -0.05) is 41.6 Å². The van der Waals surface area contributed by atoms with E-state index < -0.39 is 4.92 Å². The van der Waals surface area contributed by atoms with Crippen LogP contribution in [0.5, 0.6) is 0 Å². The Labute approximate surface area is 185 Å². The minimum Gasteiger partial charge on any atom is -0.325 e. The van der Waals surface area contributed by atoms with E-state index in [1.807, 2.05) is 13.0 Å². The number of hydrogen-bond acceptors (Lipinski definition) is 7. The van der Waals surface area contributed by atoms with Crippen LogP contribution in [0.15, 0.2) is 59.8 Å². The number of non-ortho nitro benzene ring substituents is 1. The van der Waals surface area contributed by atoms with Crippen molar-refractivity contribution in [3.8, 4) is 11.3 Å². The molecule has 0 unspecified atom stereocenters. The summed E-state index contributed by atoms with van der Waals surface area (Å²) in [4.78, 5) is 22.9. The van der Waals surface area contributed by atoms with Gasteiger partial charge in [0.15, 0.2) is 5.65 Å². The first-order valence-corrected chi connectivity index (χ1v) is 10.4. The molecule has 4 aromatic rings. The van der Waals surface area contributed by atoms with Gasteiger partial charge in [-0.25, -0.2) is 0 Å². The molecule has 1 N–H and O–H groups in total. The molecule has 0 atom stereocenters. The Bertz CT molecular complexity index is 1310. The van der Waals surface area contributed by atoms with Crippen molar-refractivity contribution in [2.75, 3.05) is 11.1 Å². The van der Waals surface area contributed by atoms with Crippen LogP contribution in [0.25, 0.3) is 16.9 Å². The number of halogens is 1. The van der Waals surface area contributed by atoms with Crippen LogP contribution in [-0.2, 0) is 4.79 Å². The van der Waals surface area contributed by atoms with Crippen LogP contribution in [0, 0.1) is 17.0 Å². The van der Waals surface area contributed by atoms with Gasteiger partial charge >= 0.3 is 0 Å². The zero-order valence-corrected chi connectivity index (χ0v) is 17.7. The largest absolute Gasteiger partial charge is 0.325 e. The first kappa shape index (κ1) is 20.8. The van der Waals surface area contributed by atoms with Gasteiger partial charge in [0.1, 0.15) is 0 Å². The molecule has 0 radical (unpaired) electrons. The number of fused-ring (bicyclic) bond motifs is 1. The Morgan fingerprint density at radius 1 is 1.19 bits per heavy atom. The van der Waals surface area contributed by atoms with E-state index in [4.69, 9.17) is 11.6 Å². The molecule has 0 bridgehead atoms. The fourth-order valence-electron chi connectivity index (χ4n) is 2.79. The molecule has 0 saturated heterocycles. The third kappa shape index (κ3) is 4.65. The maximum atomic E-state index is 12.3. The normalized spacial score (nSPS) is 10.9. The number of nitro benzene ring substituents is 1. The first-order chi connectivity index (χ1) is 14.9. The molecule has 2 aromatic carbocycles. The van der Waals surface area contributed by atoms with E-state index in [0.29, 0.717) is 32.8 Å². The fourth-order valence-corrected chi connectivity index (χ4v) is 3.66. The minimum atomic E-state index is -0.456. The summed E-state index contributed by atoms with van der Waals surface area (Å²) in [5.41, 5.74) is 3.13. The molecule has 11 heteroatoms. The highest BCUT2D eigenvalue weighted by atomic mass is 35.5. The molecule has 2 aromatic heterocycles. The molecule has 0 spiro atoms. The van der Waals surface area contributed by atoms with Gasteiger partial charge in [0.05, 0.1) is 16.4 Å². The molecule has 0 aliphatic rings. The maximum absolute atomic E-state index is 12.3. The number of aryl methyl sites for hydroxylation is 1. The number of nitrogens with one attached hydrogen (secondary N) is 1. The van der Waals surface area contributed by atoms with E-state index >= 15 is 0 Å². The third-order valence-electron chi connectivity index (χ3n) is 4.37. The average molecular weight is 455 g/mol. The van der Waals surface area contributed by atoms with Crippen LogP contribution in [0.3, 0.4) is 0 Å². The summed E-state index contributed by atoms with van der Waals surface area (Å²) in [6, 6.07) is 14.9. The van der Waals surface area contributed by atoms with Crippen molar-refractivity contribution in [1.82, 2.24) is 19.8 Å². The predicted octanol–water partition coefficient (Wildman–Crippen LogP) is 4.39. The van der Waals surface area contributed by atoms with Gasteiger partial charge in [-0.05, 0) is 36.8 Å². The van der Waals surface area contributed by atoms with Crippen LogP contribution < -0.4 is 5.32 Å². The number of aromatic nitrogens is 4. The smallest absolute Gasteiger partial charge is 0.270 e. The second-order valence-electron chi connectivity index (χ2n) is 6.58. The Morgan fingerprint density at radius 2 is 2.03 bits per heavy atom. The second kappa shape index (κ2) is 8.70. The monoisotopic (exact) mass is 454 g/mol. The van der Waals surface area contributed by atoms with Gasteiger partial charge in [0.2, 0.25) is 11.1 Å². The number of carbonyl (C=O) groups is 1. The second-order valence-corrected chi connectivity index (χ2v) is 7.93. The molecule has 0 saturated carbocycles. The number of benzene rings is 2. The number of rotatable bonds is 6. The van der Waals surface area contributed by atoms with Crippen molar-refractivity contribution in [2.45, 2.75) is 12.1 Å². The van der Waals surface area contributed by atoms with Crippen molar-refractivity contribution in [1.29, 1.82) is 0 Å². The predicted molar refractivity (Wildman–Crippen MR) is 118 cm³/mol. The topological polar surface area (TPSA) is 115 Å². The van der Waals surface area contributed by atoms with Gasteiger partial charge in [-0.2, -0.15) is 9.61 Å². The number of thioether (sulfide) groups is 1. The van der Waals surface area contributed by atoms with Gasteiger partial charge in [-0.15, -0.1) is 10.2 Å². The molecule has 2 heterocycles. The summed E-state index contributed by atoms with van der Waals surface area (Å²) >= 11 is 7.27. The quantitative estimate of drug-likeness (QED) is 0.261. The zero-order valence-electron chi connectivity index (χ0n) is 16.2. The lowest BCUT2D eigenvalue weighted by Crippen LogP contribution is -2.14. The zero-order chi connectivity index (χ0) is 22.0. The van der Waals surface area contributed by atoms with E-state index in [0.717, 1.165) is 5.56 Å². The molecule has 0 fully saturated rings. The molecular formula is C20H15ClN6O3S. The summed E-state index contributed by atoms with van der Waals surface area (Å²) in [6.07, 6.45) is 0. The summed E-state index contributed by atoms with van der Waals surface area (Å²) in [6.45, 7) is 1.88. The Hall–Kier alpha value is -3.50. The number of hydrogen-bond donors (Lipinski definition) is 1. The van der Waals surface area contributed by atoms with Gasteiger partial charge in [-0.3, -0.25) is 14.9 Å². The lowest BCUT2D eigenvalue weighted by atomic mass is 10.1. The first-order valence-electron chi connectivity index (χ1n) is 9.07. The molecule has 9 nitrogen and oxygen atoms in total. The average Bonchev–Trinajstić information content (AvgIpc) is 3.17. The van der Waals surface area contributed by atoms with Gasteiger partial charge < -0.3 is 5.32 Å². The summed E-state index contributed by atoms with van der Waals surface area (Å²) in [5, 5.41) is 27.5. The van der Waals surface area contributed by atoms with E-state index in [9.17, 15) is 14.9 Å². The fraction of sp³-hybridized carbons (Fsp3) is 0.100. The Kier molecular flexibility index (Phi) is 5.83. The summed E-state index contributed by atoms with van der Waals surface area (Å²) < 4.78 is 1.51. The number of carbonyl (C=O) groups excluding carboxylic acids is 1. The van der Waals surface area contributed by atoms with Crippen molar-refractivity contribution in [3.05, 3.63) is 75.3 Å². The van der Waals surface area contributed by atoms with E-state index in [2.05, 4.69) is 20.6 Å². The van der Waals surface area contributed by atoms with Crippen molar-refractivity contribution in [3.63, 3.8) is 0 Å². The van der Waals surface area contributed by atoms with Crippen LogP contribution >= 0.6 is 23.4 Å². The highest BCUT2D eigenvalue weighted by Gasteiger charge is 2.13. The molecule has 31 heavy (non-hydrogen) atoms. The summed E-state index contributed by atoms with van der Waals surface area (Å²) in [7, 11) is 0. The lowest BCUT2D eigenvalue weighted by Gasteiger charge is -2.06. The van der Waals surface area contributed by atoms with Crippen molar-refractivity contribution < 1.29 is 9.72 Å². The van der Waals surface area contributed by atoms with Crippen LogP contribution in [0.2, 0.25) is 5.02 Å². The van der Waals surface area contributed by atoms with Crippen molar-refractivity contribution >= 4 is 46.3 Å². The van der Waals surface area contributed by atoms with Gasteiger partial charge in [0.25, 0.3) is 5.69 Å². The number of nitro groups is 1. The van der Waals surface area contributed by atoms with E-state index in [-0.39, 0.29) is 17.3 Å². The van der Waals surface area contributed by atoms with Crippen LogP contribution in [0.4, 0.5) is 11.4 Å². The van der Waals surface area contributed by atoms with E-state index in [1.54, 1.807) is 36.4 Å². The van der Waals surface area contributed by atoms with Crippen LogP contribution in [0.1, 0.15) is 5.56 Å². The minimum absolute atomic E-state index is 0.0226. The molecule has 0 aliphatic heterocycles. The van der Waals surface area contributed by atoms with Gasteiger partial charge in [0, 0.05) is 28.4 Å². The molecule has 0 aliphatic carbocycles. The maximum Gasteiger partial charge on any atom is 0.270 e. The van der Waals surface area contributed by atoms with Crippen LogP contribution in [-0.4, -0.2) is 36.4 Å². The molecular weight excluding hydrogens is 440 g/mol. The highest BCUT2D eigenvalue weighted by Crippen LogP contribution is 2.24. The Balaban J connectivity index is 1.51. The number of amides is 1.